The summed E-state index contributed by atoms with van der Waals surface area (Å²) in [5.41, 5.74) is 0.891. The maximum Gasteiger partial charge on any atom is 0.0584 e. The van der Waals surface area contributed by atoms with E-state index in [2.05, 4.69) is 10.3 Å². The van der Waals surface area contributed by atoms with Crippen LogP contribution in [0.1, 0.15) is 0 Å². The molecule has 2 heterocycles. The lowest BCUT2D eigenvalue weighted by molar-refractivity contribution is -0.128. The molecule has 1 saturated heterocycles. The van der Waals surface area contributed by atoms with E-state index in [1.165, 1.54) is 0 Å². The van der Waals surface area contributed by atoms with Crippen LogP contribution in [-0.2, 0) is 4.74 Å². The van der Waals surface area contributed by atoms with Gasteiger partial charge in [-0.1, -0.05) is 0 Å². The molecular formula is C10H14N2O2. The highest BCUT2D eigenvalue weighted by Crippen LogP contribution is 2.26. The minimum absolute atomic E-state index is 0.0875. The second-order valence-electron chi connectivity index (χ2n) is 3.75. The summed E-state index contributed by atoms with van der Waals surface area (Å²) in [4.78, 5) is 4.00. The zero-order valence-corrected chi connectivity index (χ0v) is 7.94. The van der Waals surface area contributed by atoms with Gasteiger partial charge in [0.1, 0.15) is 0 Å². The molecule has 0 spiro atoms. The first-order valence-corrected chi connectivity index (χ1v) is 4.67. The standard InChI is InChI=1S/C10H14N2O2/c13-6-10(7-14-8-10)5-12-9-2-1-3-11-4-9/h1-4,12-13H,5-8H2. The average molecular weight is 194 g/mol. The van der Waals surface area contributed by atoms with Crippen molar-refractivity contribution in [2.45, 2.75) is 0 Å². The molecule has 1 aliphatic rings. The Bertz CT molecular complexity index is 280. The van der Waals surface area contributed by atoms with Gasteiger partial charge in [0.2, 0.25) is 0 Å². The minimum Gasteiger partial charge on any atom is -0.396 e. The predicted octanol–water partition coefficient (Wildman–Crippen LogP) is 0.502. The third kappa shape index (κ3) is 1.86. The monoisotopic (exact) mass is 194 g/mol. The van der Waals surface area contributed by atoms with Crippen molar-refractivity contribution in [3.8, 4) is 0 Å². The molecule has 0 radical (unpaired) electrons. The normalized spacial score (nSPS) is 18.6. The molecule has 0 aromatic carbocycles. The van der Waals surface area contributed by atoms with E-state index in [1.807, 2.05) is 12.1 Å². The third-order valence-electron chi connectivity index (χ3n) is 2.48. The van der Waals surface area contributed by atoms with Crippen LogP contribution in [-0.4, -0.2) is 36.5 Å². The number of ether oxygens (including phenoxy) is 1. The van der Waals surface area contributed by atoms with E-state index in [-0.39, 0.29) is 12.0 Å². The summed E-state index contributed by atoms with van der Waals surface area (Å²) in [6, 6.07) is 3.84. The van der Waals surface area contributed by atoms with Crippen LogP contribution in [0.5, 0.6) is 0 Å². The van der Waals surface area contributed by atoms with Gasteiger partial charge in [-0.2, -0.15) is 0 Å². The third-order valence-corrected chi connectivity index (χ3v) is 2.48. The van der Waals surface area contributed by atoms with Crippen LogP contribution in [0.3, 0.4) is 0 Å². The van der Waals surface area contributed by atoms with Gasteiger partial charge >= 0.3 is 0 Å². The van der Waals surface area contributed by atoms with Crippen LogP contribution in [0.15, 0.2) is 24.5 Å². The molecule has 4 nitrogen and oxygen atoms in total. The number of aliphatic hydroxyl groups excluding tert-OH is 1. The van der Waals surface area contributed by atoms with Gasteiger partial charge in [-0.3, -0.25) is 4.98 Å². The Balaban J connectivity index is 1.88. The Morgan fingerprint density at radius 2 is 2.43 bits per heavy atom. The van der Waals surface area contributed by atoms with Crippen LogP contribution in [0.4, 0.5) is 5.69 Å². The van der Waals surface area contributed by atoms with E-state index < -0.39 is 0 Å². The Morgan fingerprint density at radius 1 is 1.57 bits per heavy atom. The number of nitrogens with zero attached hydrogens (tertiary/aromatic N) is 1. The van der Waals surface area contributed by atoms with Crippen molar-refractivity contribution in [2.24, 2.45) is 5.41 Å². The number of rotatable bonds is 4. The molecule has 1 fully saturated rings. The van der Waals surface area contributed by atoms with Crippen LogP contribution in [0.25, 0.3) is 0 Å². The molecule has 2 N–H and O–H groups in total. The van der Waals surface area contributed by atoms with Crippen molar-refractivity contribution in [2.75, 3.05) is 31.7 Å². The lowest BCUT2D eigenvalue weighted by Gasteiger charge is -2.40. The summed E-state index contributed by atoms with van der Waals surface area (Å²) >= 11 is 0. The van der Waals surface area contributed by atoms with Crippen LogP contribution >= 0.6 is 0 Å². The van der Waals surface area contributed by atoms with Gasteiger partial charge in [-0.05, 0) is 12.1 Å². The smallest absolute Gasteiger partial charge is 0.0584 e. The number of pyridine rings is 1. The SMILES string of the molecule is OCC1(CNc2cccnc2)COC1. The fourth-order valence-electron chi connectivity index (χ4n) is 1.40. The number of anilines is 1. The molecule has 2 rings (SSSR count). The Hall–Kier alpha value is -1.13. The van der Waals surface area contributed by atoms with Crippen molar-refractivity contribution in [3.05, 3.63) is 24.5 Å². The van der Waals surface area contributed by atoms with Crippen LogP contribution < -0.4 is 5.32 Å². The molecule has 1 aliphatic heterocycles. The zero-order valence-electron chi connectivity index (χ0n) is 7.94. The zero-order chi connectivity index (χ0) is 9.86. The summed E-state index contributed by atoms with van der Waals surface area (Å²) in [7, 11) is 0. The highest BCUT2D eigenvalue weighted by Gasteiger charge is 2.37. The van der Waals surface area contributed by atoms with E-state index in [1.54, 1.807) is 12.4 Å². The largest absolute Gasteiger partial charge is 0.396 e. The molecule has 0 aliphatic carbocycles. The molecular weight excluding hydrogens is 180 g/mol. The summed E-state index contributed by atoms with van der Waals surface area (Å²) < 4.78 is 5.10. The molecule has 14 heavy (non-hydrogen) atoms. The molecule has 1 aromatic heterocycles. The minimum atomic E-state index is -0.0875. The highest BCUT2D eigenvalue weighted by molar-refractivity contribution is 5.40. The van der Waals surface area contributed by atoms with E-state index in [0.29, 0.717) is 13.2 Å². The Labute approximate surface area is 82.9 Å². The summed E-state index contributed by atoms with van der Waals surface area (Å²) in [6.45, 7) is 2.17. The van der Waals surface area contributed by atoms with Crippen molar-refractivity contribution in [3.63, 3.8) is 0 Å². The van der Waals surface area contributed by atoms with E-state index in [9.17, 15) is 5.11 Å². The molecule has 0 amide bonds. The Kier molecular flexibility index (Phi) is 2.65. The maximum atomic E-state index is 9.18. The number of hydrogen-bond acceptors (Lipinski definition) is 4. The average Bonchev–Trinajstić information content (AvgIpc) is 2.19. The van der Waals surface area contributed by atoms with Gasteiger partial charge in [0.05, 0.1) is 30.9 Å². The fraction of sp³-hybridized carbons (Fsp3) is 0.500. The lowest BCUT2D eigenvalue weighted by atomic mass is 9.87. The number of aliphatic hydroxyl groups is 1. The van der Waals surface area contributed by atoms with Crippen molar-refractivity contribution < 1.29 is 9.84 Å². The first-order chi connectivity index (χ1) is 6.85. The first-order valence-electron chi connectivity index (χ1n) is 4.67. The fourth-order valence-corrected chi connectivity index (χ4v) is 1.40. The van der Waals surface area contributed by atoms with Gasteiger partial charge in [-0.15, -0.1) is 0 Å². The summed E-state index contributed by atoms with van der Waals surface area (Å²) in [6.07, 6.45) is 3.50. The van der Waals surface area contributed by atoms with Gasteiger partial charge < -0.3 is 15.2 Å². The van der Waals surface area contributed by atoms with Crippen LogP contribution in [0, 0.1) is 5.41 Å². The Morgan fingerprint density at radius 3 is 2.93 bits per heavy atom. The van der Waals surface area contributed by atoms with E-state index >= 15 is 0 Å². The van der Waals surface area contributed by atoms with Gasteiger partial charge in [0.25, 0.3) is 0 Å². The van der Waals surface area contributed by atoms with Gasteiger partial charge in [0.15, 0.2) is 0 Å². The molecule has 1 aromatic rings. The molecule has 0 bridgehead atoms. The van der Waals surface area contributed by atoms with Crippen molar-refractivity contribution in [1.29, 1.82) is 0 Å². The second kappa shape index (κ2) is 3.94. The second-order valence-corrected chi connectivity index (χ2v) is 3.75. The number of aromatic nitrogens is 1. The van der Waals surface area contributed by atoms with Gasteiger partial charge in [-0.25, -0.2) is 0 Å². The highest BCUT2D eigenvalue weighted by atomic mass is 16.5. The predicted molar refractivity (Wildman–Crippen MR) is 53.1 cm³/mol. The summed E-state index contributed by atoms with van der Waals surface area (Å²) in [5, 5.41) is 12.4. The molecule has 0 saturated carbocycles. The van der Waals surface area contributed by atoms with Crippen molar-refractivity contribution >= 4 is 5.69 Å². The molecule has 76 valence electrons. The lowest BCUT2D eigenvalue weighted by Crippen LogP contribution is -2.50. The van der Waals surface area contributed by atoms with E-state index in [0.717, 1.165) is 12.2 Å². The van der Waals surface area contributed by atoms with Gasteiger partial charge in [0, 0.05) is 18.9 Å². The molecule has 0 atom stereocenters. The first kappa shape index (κ1) is 9.43. The summed E-state index contributed by atoms with van der Waals surface area (Å²) in [5.74, 6) is 0. The number of hydrogen-bond donors (Lipinski definition) is 2. The topological polar surface area (TPSA) is 54.4 Å². The molecule has 0 unspecified atom stereocenters. The van der Waals surface area contributed by atoms with Crippen molar-refractivity contribution in [1.82, 2.24) is 4.98 Å². The van der Waals surface area contributed by atoms with E-state index in [4.69, 9.17) is 4.74 Å². The number of nitrogens with one attached hydrogen (secondary N) is 1. The quantitative estimate of drug-likeness (QED) is 0.733. The van der Waals surface area contributed by atoms with Crippen LogP contribution in [0.2, 0.25) is 0 Å². The molecule has 4 heteroatoms. The maximum absolute atomic E-state index is 9.18.